The molecule has 6 heteroatoms. The molecule has 0 saturated carbocycles. The largest absolute Gasteiger partial charge is 0.381 e. The van der Waals surface area contributed by atoms with Gasteiger partial charge in [-0.25, -0.2) is 0 Å². The molecule has 1 N–H and O–H groups in total. The Balaban J connectivity index is 1.27. The van der Waals surface area contributed by atoms with Crippen molar-refractivity contribution < 1.29 is 4.74 Å². The van der Waals surface area contributed by atoms with Crippen LogP contribution in [0.3, 0.4) is 0 Å². The summed E-state index contributed by atoms with van der Waals surface area (Å²) in [4.78, 5) is 10.0. The lowest BCUT2D eigenvalue weighted by molar-refractivity contribution is 0.156. The highest BCUT2D eigenvalue weighted by Gasteiger charge is 2.42. The summed E-state index contributed by atoms with van der Waals surface area (Å²) >= 11 is 6.33. The van der Waals surface area contributed by atoms with Gasteiger partial charge in [0.2, 0.25) is 0 Å². The van der Waals surface area contributed by atoms with Crippen molar-refractivity contribution in [3.05, 3.63) is 34.9 Å². The third-order valence-corrected chi connectivity index (χ3v) is 7.18. The molecule has 1 atom stereocenters. The molecule has 3 heterocycles. The van der Waals surface area contributed by atoms with E-state index >= 15 is 0 Å². The number of likely N-dealkylation sites (tertiary alicyclic amines) is 2. The lowest BCUT2D eigenvalue weighted by Crippen LogP contribution is -2.42. The Kier molecular flexibility index (Phi) is 6.99. The molecule has 1 spiro atoms. The molecule has 160 valence electrons. The molecule has 0 amide bonds. The van der Waals surface area contributed by atoms with E-state index in [0.29, 0.717) is 11.3 Å². The van der Waals surface area contributed by atoms with Crippen molar-refractivity contribution in [3.63, 3.8) is 0 Å². The summed E-state index contributed by atoms with van der Waals surface area (Å²) in [5.41, 5.74) is 1.61. The molecule has 0 aliphatic carbocycles. The Morgan fingerprint density at radius 1 is 1.24 bits per heavy atom. The molecule has 5 nitrogen and oxygen atoms in total. The SMILES string of the molecule is CCNC(=NCC1CCN(Cc2ccccc2Cl)CC1)N1CCC2(CCOC2)C1. The fraction of sp³-hybridized carbons (Fsp3) is 0.696. The number of nitrogens with zero attached hydrogens (tertiary/aromatic N) is 3. The molecule has 4 rings (SSSR count). The quantitative estimate of drug-likeness (QED) is 0.585. The number of nitrogens with one attached hydrogen (secondary N) is 1. The second-order valence-electron chi connectivity index (χ2n) is 8.98. The fourth-order valence-electron chi connectivity index (χ4n) is 4.92. The van der Waals surface area contributed by atoms with Crippen LogP contribution in [0.15, 0.2) is 29.3 Å². The minimum absolute atomic E-state index is 0.375. The van der Waals surface area contributed by atoms with Crippen LogP contribution in [0.5, 0.6) is 0 Å². The molecule has 1 aromatic rings. The van der Waals surface area contributed by atoms with Gasteiger partial charge in [0.1, 0.15) is 0 Å². The van der Waals surface area contributed by atoms with Gasteiger partial charge in [-0.15, -0.1) is 0 Å². The molecule has 1 unspecified atom stereocenters. The Bertz CT molecular complexity index is 696. The maximum absolute atomic E-state index is 6.33. The molecule has 3 aliphatic heterocycles. The molecule has 3 saturated heterocycles. The average Bonchev–Trinajstić information content (AvgIpc) is 3.38. The normalized spacial score (nSPS) is 26.6. The zero-order valence-electron chi connectivity index (χ0n) is 17.7. The summed E-state index contributed by atoms with van der Waals surface area (Å²) in [5, 5.41) is 4.41. The maximum Gasteiger partial charge on any atom is 0.193 e. The number of piperidine rings is 1. The van der Waals surface area contributed by atoms with Gasteiger partial charge in [0.05, 0.1) is 6.61 Å². The molecule has 3 aliphatic rings. The lowest BCUT2D eigenvalue weighted by Gasteiger charge is -2.32. The summed E-state index contributed by atoms with van der Waals surface area (Å²) < 4.78 is 5.69. The highest BCUT2D eigenvalue weighted by molar-refractivity contribution is 6.31. The highest BCUT2D eigenvalue weighted by atomic mass is 35.5. The van der Waals surface area contributed by atoms with Gasteiger partial charge in [0.25, 0.3) is 0 Å². The predicted molar refractivity (Wildman–Crippen MR) is 119 cm³/mol. The van der Waals surface area contributed by atoms with Crippen molar-refractivity contribution in [2.75, 3.05) is 52.5 Å². The summed E-state index contributed by atoms with van der Waals surface area (Å²) in [6.07, 6.45) is 4.86. The molecule has 29 heavy (non-hydrogen) atoms. The van der Waals surface area contributed by atoms with Gasteiger partial charge in [-0.3, -0.25) is 9.89 Å². The first kappa shape index (κ1) is 21.0. The van der Waals surface area contributed by atoms with Crippen LogP contribution in [0, 0.1) is 11.3 Å². The van der Waals surface area contributed by atoms with Gasteiger partial charge >= 0.3 is 0 Å². The number of hydrogen-bond acceptors (Lipinski definition) is 3. The Hall–Kier alpha value is -1.30. The maximum atomic E-state index is 6.33. The number of guanidine groups is 1. The van der Waals surface area contributed by atoms with Gasteiger partial charge in [-0.05, 0) is 63.2 Å². The van der Waals surface area contributed by atoms with Crippen molar-refractivity contribution in [2.45, 2.75) is 39.2 Å². The van der Waals surface area contributed by atoms with Crippen LogP contribution in [0.1, 0.15) is 38.2 Å². The van der Waals surface area contributed by atoms with E-state index in [1.54, 1.807) is 0 Å². The van der Waals surface area contributed by atoms with Crippen LogP contribution in [-0.4, -0.2) is 68.2 Å². The van der Waals surface area contributed by atoms with Gasteiger partial charge in [0.15, 0.2) is 5.96 Å². The topological polar surface area (TPSA) is 40.1 Å². The standard InChI is InChI=1S/C23H35ClN4O/c1-2-25-22(28-13-9-23(17-28)10-14-29-18-23)26-15-19-7-11-27(12-8-19)16-20-5-3-4-6-21(20)24/h3-6,19H,2,7-18H2,1H3,(H,25,26). The summed E-state index contributed by atoms with van der Waals surface area (Å²) in [6.45, 7) is 11.3. The van der Waals surface area contributed by atoms with E-state index in [1.165, 1.54) is 31.2 Å². The van der Waals surface area contributed by atoms with Gasteiger partial charge in [0, 0.05) is 49.8 Å². The van der Waals surface area contributed by atoms with Crippen LogP contribution >= 0.6 is 11.6 Å². The lowest BCUT2D eigenvalue weighted by atomic mass is 9.87. The molecular weight excluding hydrogens is 384 g/mol. The van der Waals surface area contributed by atoms with Crippen LogP contribution in [-0.2, 0) is 11.3 Å². The van der Waals surface area contributed by atoms with Crippen molar-refractivity contribution in [3.8, 4) is 0 Å². The monoisotopic (exact) mass is 418 g/mol. The van der Waals surface area contributed by atoms with Gasteiger partial charge in [-0.1, -0.05) is 29.8 Å². The molecular formula is C23H35ClN4O. The van der Waals surface area contributed by atoms with Crippen LogP contribution in [0.2, 0.25) is 5.02 Å². The molecule has 0 aromatic heterocycles. The van der Waals surface area contributed by atoms with Crippen LogP contribution in [0.25, 0.3) is 0 Å². The number of ether oxygens (including phenoxy) is 1. The third kappa shape index (κ3) is 5.25. The predicted octanol–water partition coefficient (Wildman–Crippen LogP) is 3.63. The third-order valence-electron chi connectivity index (χ3n) is 6.82. The summed E-state index contributed by atoms with van der Waals surface area (Å²) in [7, 11) is 0. The molecule has 3 fully saturated rings. The second-order valence-corrected chi connectivity index (χ2v) is 9.39. The zero-order chi connectivity index (χ0) is 20.1. The van der Waals surface area contributed by atoms with Gasteiger partial charge < -0.3 is 15.0 Å². The molecule has 0 bridgehead atoms. The smallest absolute Gasteiger partial charge is 0.193 e. The number of aliphatic imine (C=N–C) groups is 1. The summed E-state index contributed by atoms with van der Waals surface area (Å²) in [6, 6.07) is 8.20. The molecule has 0 radical (unpaired) electrons. The molecule has 1 aromatic carbocycles. The summed E-state index contributed by atoms with van der Waals surface area (Å²) in [5.74, 6) is 1.78. The second kappa shape index (κ2) is 9.67. The van der Waals surface area contributed by atoms with Crippen molar-refractivity contribution in [1.29, 1.82) is 0 Å². The number of rotatable bonds is 5. The Labute approximate surface area is 180 Å². The van der Waals surface area contributed by atoms with Gasteiger partial charge in [-0.2, -0.15) is 0 Å². The Morgan fingerprint density at radius 3 is 2.79 bits per heavy atom. The van der Waals surface area contributed by atoms with E-state index in [2.05, 4.69) is 34.2 Å². The average molecular weight is 419 g/mol. The van der Waals surface area contributed by atoms with Crippen molar-refractivity contribution in [2.24, 2.45) is 16.3 Å². The minimum Gasteiger partial charge on any atom is -0.381 e. The van der Waals surface area contributed by atoms with Crippen molar-refractivity contribution >= 4 is 17.6 Å². The van der Waals surface area contributed by atoms with Crippen LogP contribution in [0.4, 0.5) is 0 Å². The number of halogens is 1. The van der Waals surface area contributed by atoms with E-state index < -0.39 is 0 Å². The number of hydrogen-bond donors (Lipinski definition) is 1. The van der Waals surface area contributed by atoms with E-state index in [-0.39, 0.29) is 0 Å². The van der Waals surface area contributed by atoms with E-state index in [4.69, 9.17) is 21.3 Å². The van der Waals surface area contributed by atoms with Crippen molar-refractivity contribution in [1.82, 2.24) is 15.1 Å². The minimum atomic E-state index is 0.375. The van der Waals surface area contributed by atoms with E-state index in [1.807, 2.05) is 12.1 Å². The fourth-order valence-corrected chi connectivity index (χ4v) is 5.12. The van der Waals surface area contributed by atoms with E-state index in [9.17, 15) is 0 Å². The number of benzene rings is 1. The zero-order valence-corrected chi connectivity index (χ0v) is 18.5. The van der Waals surface area contributed by atoms with Crippen LogP contribution < -0.4 is 5.32 Å². The highest BCUT2D eigenvalue weighted by Crippen LogP contribution is 2.38. The first-order chi connectivity index (χ1) is 14.2. The Morgan fingerprint density at radius 2 is 2.07 bits per heavy atom. The first-order valence-corrected chi connectivity index (χ1v) is 11.6. The first-order valence-electron chi connectivity index (χ1n) is 11.2. The van der Waals surface area contributed by atoms with E-state index in [0.717, 1.165) is 70.0 Å².